The molecule has 15 heavy (non-hydrogen) atoms. The van der Waals surface area contributed by atoms with Crippen LogP contribution in [0.25, 0.3) is 0 Å². The first-order valence-electron chi connectivity index (χ1n) is 5.30. The van der Waals surface area contributed by atoms with E-state index in [4.69, 9.17) is 0 Å². The summed E-state index contributed by atoms with van der Waals surface area (Å²) in [6.07, 6.45) is 0.876. The van der Waals surface area contributed by atoms with Gasteiger partial charge in [-0.15, -0.1) is 11.8 Å². The average molecular weight is 225 g/mol. The van der Waals surface area contributed by atoms with Gasteiger partial charge in [0.05, 0.1) is 0 Å². The van der Waals surface area contributed by atoms with Crippen LogP contribution < -0.4 is 5.32 Å². The van der Waals surface area contributed by atoms with Crippen molar-refractivity contribution in [2.75, 3.05) is 12.4 Å². The molecule has 1 N–H and O–H groups in total. The van der Waals surface area contributed by atoms with Gasteiger partial charge in [-0.05, 0) is 6.92 Å². The summed E-state index contributed by atoms with van der Waals surface area (Å²) in [4.78, 5) is 8.99. The Balaban J connectivity index is 3.12. The standard InChI is InChI=1S/C11H19N3S/c1-6-9-13-10(12-5)8(4)11(14-9)15-7(2)3/h7H,6H2,1-5H3,(H,12,13,14). The fourth-order valence-corrected chi connectivity index (χ4v) is 2.16. The number of thioether (sulfide) groups is 1. The van der Waals surface area contributed by atoms with Crippen LogP contribution in [0.2, 0.25) is 0 Å². The maximum absolute atomic E-state index is 4.55. The van der Waals surface area contributed by atoms with Crippen LogP contribution in [0.1, 0.15) is 32.2 Å². The van der Waals surface area contributed by atoms with Crippen molar-refractivity contribution in [3.8, 4) is 0 Å². The Morgan fingerprint density at radius 3 is 2.47 bits per heavy atom. The van der Waals surface area contributed by atoms with E-state index >= 15 is 0 Å². The molecule has 4 heteroatoms. The highest BCUT2D eigenvalue weighted by Crippen LogP contribution is 2.27. The summed E-state index contributed by atoms with van der Waals surface area (Å²) in [6.45, 7) is 8.50. The topological polar surface area (TPSA) is 37.8 Å². The maximum atomic E-state index is 4.55. The Hall–Kier alpha value is -0.770. The molecule has 0 spiro atoms. The fourth-order valence-electron chi connectivity index (χ4n) is 1.28. The summed E-state index contributed by atoms with van der Waals surface area (Å²) >= 11 is 1.79. The molecule has 0 aliphatic heterocycles. The molecule has 1 aromatic heterocycles. The van der Waals surface area contributed by atoms with E-state index in [1.54, 1.807) is 11.8 Å². The summed E-state index contributed by atoms with van der Waals surface area (Å²) in [5.41, 5.74) is 1.15. The van der Waals surface area contributed by atoms with Gasteiger partial charge in [0.15, 0.2) is 0 Å². The quantitative estimate of drug-likeness (QED) is 0.631. The second-order valence-electron chi connectivity index (χ2n) is 3.69. The molecule has 0 saturated heterocycles. The zero-order valence-corrected chi connectivity index (χ0v) is 10.9. The minimum atomic E-state index is 0.549. The molecule has 1 rings (SSSR count). The second-order valence-corrected chi connectivity index (χ2v) is 5.25. The number of nitrogens with one attached hydrogen (secondary N) is 1. The lowest BCUT2D eigenvalue weighted by atomic mass is 10.3. The van der Waals surface area contributed by atoms with Gasteiger partial charge in [0.2, 0.25) is 0 Å². The van der Waals surface area contributed by atoms with Crippen LogP contribution in [0.4, 0.5) is 5.82 Å². The van der Waals surface area contributed by atoms with Crippen molar-refractivity contribution in [1.82, 2.24) is 9.97 Å². The Bertz CT molecular complexity index is 337. The van der Waals surface area contributed by atoms with Gasteiger partial charge in [0, 0.05) is 24.3 Å². The van der Waals surface area contributed by atoms with Crippen LogP contribution in [0.5, 0.6) is 0 Å². The molecule has 0 fully saturated rings. The van der Waals surface area contributed by atoms with Gasteiger partial charge < -0.3 is 5.32 Å². The molecule has 0 saturated carbocycles. The normalized spacial score (nSPS) is 10.8. The van der Waals surface area contributed by atoms with E-state index < -0.39 is 0 Å². The van der Waals surface area contributed by atoms with Crippen LogP contribution in [0.15, 0.2) is 5.03 Å². The van der Waals surface area contributed by atoms with E-state index in [1.807, 2.05) is 7.05 Å². The van der Waals surface area contributed by atoms with E-state index in [-0.39, 0.29) is 0 Å². The number of aromatic nitrogens is 2. The highest BCUT2D eigenvalue weighted by molar-refractivity contribution is 7.99. The Morgan fingerprint density at radius 1 is 1.33 bits per heavy atom. The molecule has 0 aromatic carbocycles. The van der Waals surface area contributed by atoms with Crippen molar-refractivity contribution in [3.05, 3.63) is 11.4 Å². The van der Waals surface area contributed by atoms with Crippen molar-refractivity contribution >= 4 is 17.6 Å². The molecule has 0 radical (unpaired) electrons. The number of anilines is 1. The Labute approximate surface area is 96.1 Å². The number of nitrogens with zero attached hydrogens (tertiary/aromatic N) is 2. The van der Waals surface area contributed by atoms with Crippen LogP contribution in [-0.4, -0.2) is 22.3 Å². The molecular weight excluding hydrogens is 206 g/mol. The van der Waals surface area contributed by atoms with Gasteiger partial charge in [-0.1, -0.05) is 20.8 Å². The summed E-state index contributed by atoms with van der Waals surface area (Å²) in [6, 6.07) is 0. The molecule has 1 aromatic rings. The van der Waals surface area contributed by atoms with E-state index in [9.17, 15) is 0 Å². The van der Waals surface area contributed by atoms with E-state index in [0.29, 0.717) is 5.25 Å². The van der Waals surface area contributed by atoms with Gasteiger partial charge in [-0.25, -0.2) is 9.97 Å². The van der Waals surface area contributed by atoms with Crippen molar-refractivity contribution in [2.45, 2.75) is 44.4 Å². The zero-order chi connectivity index (χ0) is 11.4. The molecular formula is C11H19N3S. The largest absolute Gasteiger partial charge is 0.373 e. The third-order valence-electron chi connectivity index (χ3n) is 2.05. The maximum Gasteiger partial charge on any atom is 0.133 e. The first-order chi connectivity index (χ1) is 7.08. The number of hydrogen-bond donors (Lipinski definition) is 1. The fraction of sp³-hybridized carbons (Fsp3) is 0.636. The number of rotatable bonds is 4. The van der Waals surface area contributed by atoms with Crippen molar-refractivity contribution in [1.29, 1.82) is 0 Å². The van der Waals surface area contributed by atoms with Gasteiger partial charge >= 0.3 is 0 Å². The van der Waals surface area contributed by atoms with Crippen molar-refractivity contribution in [3.63, 3.8) is 0 Å². The van der Waals surface area contributed by atoms with E-state index in [2.05, 4.69) is 43.0 Å². The van der Waals surface area contributed by atoms with Gasteiger partial charge in [0.1, 0.15) is 16.7 Å². The predicted molar refractivity (Wildman–Crippen MR) is 66.7 cm³/mol. The summed E-state index contributed by atoms with van der Waals surface area (Å²) in [5, 5.41) is 4.77. The van der Waals surface area contributed by atoms with E-state index in [0.717, 1.165) is 28.7 Å². The van der Waals surface area contributed by atoms with Crippen LogP contribution in [-0.2, 0) is 6.42 Å². The lowest BCUT2D eigenvalue weighted by molar-refractivity contribution is 0.872. The first kappa shape index (κ1) is 12.3. The van der Waals surface area contributed by atoms with Crippen molar-refractivity contribution in [2.24, 2.45) is 0 Å². The minimum absolute atomic E-state index is 0.549. The molecule has 1 heterocycles. The van der Waals surface area contributed by atoms with Crippen molar-refractivity contribution < 1.29 is 0 Å². The second kappa shape index (κ2) is 5.35. The molecule has 0 aliphatic carbocycles. The third-order valence-corrected chi connectivity index (χ3v) is 3.14. The molecule has 0 bridgehead atoms. The van der Waals surface area contributed by atoms with Crippen LogP contribution in [0.3, 0.4) is 0 Å². The molecule has 0 aliphatic rings. The first-order valence-corrected chi connectivity index (χ1v) is 6.18. The van der Waals surface area contributed by atoms with Gasteiger partial charge in [0.25, 0.3) is 0 Å². The summed E-state index contributed by atoms with van der Waals surface area (Å²) in [7, 11) is 1.90. The monoisotopic (exact) mass is 225 g/mol. The average Bonchev–Trinajstić information content (AvgIpc) is 2.20. The number of aryl methyl sites for hydroxylation is 1. The van der Waals surface area contributed by atoms with E-state index in [1.165, 1.54) is 0 Å². The molecule has 0 amide bonds. The Morgan fingerprint density at radius 2 is 2.00 bits per heavy atom. The van der Waals surface area contributed by atoms with Crippen LogP contribution in [0, 0.1) is 6.92 Å². The van der Waals surface area contributed by atoms with Gasteiger partial charge in [-0.2, -0.15) is 0 Å². The highest BCUT2D eigenvalue weighted by atomic mass is 32.2. The molecule has 3 nitrogen and oxygen atoms in total. The zero-order valence-electron chi connectivity index (χ0n) is 10.1. The molecule has 0 atom stereocenters. The van der Waals surface area contributed by atoms with Gasteiger partial charge in [-0.3, -0.25) is 0 Å². The lowest BCUT2D eigenvalue weighted by Crippen LogP contribution is -2.05. The molecule has 0 unspecified atom stereocenters. The minimum Gasteiger partial charge on any atom is -0.373 e. The SMILES string of the molecule is CCc1nc(NC)c(C)c(SC(C)C)n1. The summed E-state index contributed by atoms with van der Waals surface area (Å²) < 4.78 is 0. The third kappa shape index (κ3) is 3.09. The smallest absolute Gasteiger partial charge is 0.133 e. The predicted octanol–water partition coefficient (Wildman–Crippen LogP) is 2.89. The highest BCUT2D eigenvalue weighted by Gasteiger charge is 2.10. The van der Waals surface area contributed by atoms with Crippen LogP contribution >= 0.6 is 11.8 Å². The lowest BCUT2D eigenvalue weighted by Gasteiger charge is -2.12. The number of hydrogen-bond acceptors (Lipinski definition) is 4. The molecule has 84 valence electrons. The summed E-state index contributed by atoms with van der Waals surface area (Å²) in [5.74, 6) is 1.86. The Kier molecular flexibility index (Phi) is 4.39.